The van der Waals surface area contributed by atoms with E-state index >= 15 is 0 Å². The predicted octanol–water partition coefficient (Wildman–Crippen LogP) is 1.74. The van der Waals surface area contributed by atoms with Gasteiger partial charge in [0.15, 0.2) is 0 Å². The van der Waals surface area contributed by atoms with Crippen LogP contribution in [0.15, 0.2) is 24.4 Å². The molecule has 5 nitrogen and oxygen atoms in total. The smallest absolute Gasteiger partial charge is 0.144 e. The summed E-state index contributed by atoms with van der Waals surface area (Å²) in [4.78, 5) is 4.20. The van der Waals surface area contributed by atoms with Gasteiger partial charge in [-0.05, 0) is 25.0 Å². The zero-order chi connectivity index (χ0) is 13.0. The van der Waals surface area contributed by atoms with E-state index in [4.69, 9.17) is 5.84 Å². The number of hydrazine groups is 1. The Morgan fingerprint density at radius 1 is 1.33 bits per heavy atom. The molecule has 0 aliphatic carbocycles. The van der Waals surface area contributed by atoms with Gasteiger partial charge in [0.2, 0.25) is 0 Å². The van der Waals surface area contributed by atoms with Crippen molar-refractivity contribution >= 4 is 5.82 Å². The Morgan fingerprint density at radius 3 is 2.83 bits per heavy atom. The molecule has 5 heteroatoms. The third-order valence-corrected chi connectivity index (χ3v) is 2.99. The molecule has 2 rings (SSSR count). The minimum Gasteiger partial charge on any atom is -0.308 e. The first kappa shape index (κ1) is 12.6. The molecule has 2 aromatic heterocycles. The molecule has 96 valence electrons. The van der Waals surface area contributed by atoms with Crippen molar-refractivity contribution in [2.75, 3.05) is 5.43 Å². The van der Waals surface area contributed by atoms with Crippen molar-refractivity contribution in [2.45, 2.75) is 33.2 Å². The second-order valence-corrected chi connectivity index (χ2v) is 4.15. The van der Waals surface area contributed by atoms with E-state index in [1.165, 1.54) is 5.69 Å². The number of rotatable bonds is 5. The summed E-state index contributed by atoms with van der Waals surface area (Å²) in [7, 11) is 0. The zero-order valence-electron chi connectivity index (χ0n) is 10.8. The fraction of sp³-hybridized carbons (Fsp3) is 0.385. The van der Waals surface area contributed by atoms with Crippen LogP contribution in [0.2, 0.25) is 0 Å². The van der Waals surface area contributed by atoms with Gasteiger partial charge in [0.05, 0.1) is 12.2 Å². The summed E-state index contributed by atoms with van der Waals surface area (Å²) in [6.45, 7) is 4.94. The SMILES string of the molecule is CCc1cc(CC)n(Cc2cccnc2NN)n1. The van der Waals surface area contributed by atoms with Crippen LogP contribution in [-0.2, 0) is 19.4 Å². The molecular formula is C13H19N5. The molecule has 0 aliphatic rings. The standard InChI is InChI=1S/C13H19N5/c1-3-11-8-12(4-2)18(17-11)9-10-6-5-7-15-13(10)16-14/h5-8H,3-4,9,14H2,1-2H3,(H,15,16). The average Bonchev–Trinajstić information content (AvgIpc) is 2.81. The Morgan fingerprint density at radius 2 is 2.17 bits per heavy atom. The molecule has 0 fully saturated rings. The maximum absolute atomic E-state index is 5.46. The van der Waals surface area contributed by atoms with Crippen LogP contribution in [0.3, 0.4) is 0 Å². The van der Waals surface area contributed by atoms with E-state index in [1.807, 2.05) is 16.8 Å². The fourth-order valence-electron chi connectivity index (χ4n) is 1.97. The molecule has 18 heavy (non-hydrogen) atoms. The van der Waals surface area contributed by atoms with E-state index in [2.05, 4.69) is 35.4 Å². The van der Waals surface area contributed by atoms with Gasteiger partial charge in [-0.15, -0.1) is 0 Å². The van der Waals surface area contributed by atoms with E-state index in [0.29, 0.717) is 12.4 Å². The first-order chi connectivity index (χ1) is 8.78. The number of nitrogens with one attached hydrogen (secondary N) is 1. The van der Waals surface area contributed by atoms with Crippen molar-refractivity contribution in [2.24, 2.45) is 5.84 Å². The number of aryl methyl sites for hydroxylation is 2. The van der Waals surface area contributed by atoms with E-state index in [-0.39, 0.29) is 0 Å². The summed E-state index contributed by atoms with van der Waals surface area (Å²) in [6, 6.07) is 6.08. The molecule has 2 heterocycles. The summed E-state index contributed by atoms with van der Waals surface area (Å²) >= 11 is 0. The van der Waals surface area contributed by atoms with Gasteiger partial charge in [-0.3, -0.25) is 4.68 Å². The minimum atomic E-state index is 0.691. The molecule has 0 spiro atoms. The third kappa shape index (κ3) is 2.51. The lowest BCUT2D eigenvalue weighted by molar-refractivity contribution is 0.640. The molecule has 2 aromatic rings. The van der Waals surface area contributed by atoms with Gasteiger partial charge in [0.1, 0.15) is 5.82 Å². The average molecular weight is 245 g/mol. The van der Waals surface area contributed by atoms with Crippen LogP contribution in [0, 0.1) is 0 Å². The van der Waals surface area contributed by atoms with E-state index < -0.39 is 0 Å². The normalized spacial score (nSPS) is 10.6. The lowest BCUT2D eigenvalue weighted by Crippen LogP contribution is -2.14. The van der Waals surface area contributed by atoms with Gasteiger partial charge in [0.25, 0.3) is 0 Å². The monoisotopic (exact) mass is 245 g/mol. The van der Waals surface area contributed by atoms with Crippen molar-refractivity contribution in [3.05, 3.63) is 41.3 Å². The molecule has 0 amide bonds. The molecule has 0 unspecified atom stereocenters. The van der Waals surface area contributed by atoms with Gasteiger partial charge < -0.3 is 5.43 Å². The van der Waals surface area contributed by atoms with Crippen LogP contribution in [0.4, 0.5) is 5.82 Å². The number of nitrogens with zero attached hydrogens (tertiary/aromatic N) is 3. The second-order valence-electron chi connectivity index (χ2n) is 4.15. The Labute approximate surface area is 107 Å². The van der Waals surface area contributed by atoms with Crippen molar-refractivity contribution in [3.8, 4) is 0 Å². The fourth-order valence-corrected chi connectivity index (χ4v) is 1.97. The summed E-state index contributed by atoms with van der Waals surface area (Å²) in [5, 5.41) is 4.59. The van der Waals surface area contributed by atoms with Gasteiger partial charge in [-0.2, -0.15) is 5.10 Å². The van der Waals surface area contributed by atoms with Gasteiger partial charge >= 0.3 is 0 Å². The Hall–Kier alpha value is -1.88. The van der Waals surface area contributed by atoms with Gasteiger partial charge in [0, 0.05) is 17.5 Å². The van der Waals surface area contributed by atoms with Crippen molar-refractivity contribution in [1.29, 1.82) is 0 Å². The first-order valence-electron chi connectivity index (χ1n) is 6.24. The number of hydrogen-bond acceptors (Lipinski definition) is 4. The summed E-state index contributed by atoms with van der Waals surface area (Å²) < 4.78 is 2.02. The van der Waals surface area contributed by atoms with Crippen molar-refractivity contribution < 1.29 is 0 Å². The highest BCUT2D eigenvalue weighted by molar-refractivity contribution is 5.42. The van der Waals surface area contributed by atoms with Crippen molar-refractivity contribution in [3.63, 3.8) is 0 Å². The second kappa shape index (κ2) is 5.64. The molecule has 3 N–H and O–H groups in total. The van der Waals surface area contributed by atoms with Crippen LogP contribution in [0.1, 0.15) is 30.8 Å². The number of aromatic nitrogens is 3. The largest absolute Gasteiger partial charge is 0.308 e. The molecule has 0 saturated carbocycles. The van der Waals surface area contributed by atoms with Crippen LogP contribution in [-0.4, -0.2) is 14.8 Å². The predicted molar refractivity (Wildman–Crippen MR) is 72.1 cm³/mol. The van der Waals surface area contributed by atoms with E-state index in [1.54, 1.807) is 6.20 Å². The Bertz CT molecular complexity index is 518. The number of anilines is 1. The Balaban J connectivity index is 2.30. The third-order valence-electron chi connectivity index (χ3n) is 2.99. The van der Waals surface area contributed by atoms with Crippen LogP contribution >= 0.6 is 0 Å². The maximum atomic E-state index is 5.46. The lowest BCUT2D eigenvalue weighted by atomic mass is 10.2. The van der Waals surface area contributed by atoms with E-state index in [0.717, 1.165) is 24.1 Å². The van der Waals surface area contributed by atoms with Crippen molar-refractivity contribution in [1.82, 2.24) is 14.8 Å². The Kier molecular flexibility index (Phi) is 3.94. The maximum Gasteiger partial charge on any atom is 0.144 e. The molecular weight excluding hydrogens is 226 g/mol. The zero-order valence-corrected chi connectivity index (χ0v) is 10.8. The van der Waals surface area contributed by atoms with Gasteiger partial charge in [-0.25, -0.2) is 10.8 Å². The molecule has 0 aromatic carbocycles. The number of nitrogens with two attached hydrogens (primary N) is 1. The summed E-state index contributed by atoms with van der Waals surface area (Å²) in [6.07, 6.45) is 3.65. The molecule has 0 saturated heterocycles. The number of pyridine rings is 1. The quantitative estimate of drug-likeness (QED) is 0.622. The van der Waals surface area contributed by atoms with Crippen LogP contribution < -0.4 is 11.3 Å². The van der Waals surface area contributed by atoms with Crippen LogP contribution in [0.25, 0.3) is 0 Å². The molecule has 0 bridgehead atoms. The first-order valence-corrected chi connectivity index (χ1v) is 6.24. The highest BCUT2D eigenvalue weighted by Gasteiger charge is 2.08. The van der Waals surface area contributed by atoms with E-state index in [9.17, 15) is 0 Å². The molecule has 0 radical (unpaired) electrons. The number of hydrogen-bond donors (Lipinski definition) is 2. The topological polar surface area (TPSA) is 68.8 Å². The summed E-state index contributed by atoms with van der Waals surface area (Å²) in [5.74, 6) is 6.17. The number of nitrogen functional groups attached to an aromatic ring is 1. The highest BCUT2D eigenvalue weighted by Crippen LogP contribution is 2.14. The lowest BCUT2D eigenvalue weighted by Gasteiger charge is -2.09. The van der Waals surface area contributed by atoms with Crippen LogP contribution in [0.5, 0.6) is 0 Å². The molecule has 0 atom stereocenters. The highest BCUT2D eigenvalue weighted by atomic mass is 15.3. The summed E-state index contributed by atoms with van der Waals surface area (Å²) in [5.41, 5.74) is 6.02. The molecule has 0 aliphatic heterocycles. The van der Waals surface area contributed by atoms with Gasteiger partial charge in [-0.1, -0.05) is 19.9 Å². The minimum absolute atomic E-state index is 0.691.